The average Bonchev–Trinajstić information content (AvgIpc) is 2.14. The molecule has 0 heterocycles. The van der Waals surface area contributed by atoms with Crippen molar-refractivity contribution in [3.8, 4) is 0 Å². The lowest BCUT2D eigenvalue weighted by molar-refractivity contribution is 0.251. The minimum Gasteiger partial charge on any atom is -0.394 e. The fourth-order valence-electron chi connectivity index (χ4n) is 1.13. The largest absolute Gasteiger partial charge is 0.394 e. The van der Waals surface area contributed by atoms with E-state index in [-0.39, 0.29) is 12.6 Å². The zero-order valence-electron chi connectivity index (χ0n) is 7.22. The van der Waals surface area contributed by atoms with Crippen LogP contribution in [0, 0.1) is 0 Å². The van der Waals surface area contributed by atoms with Crippen LogP contribution in [0.5, 0.6) is 0 Å². The van der Waals surface area contributed by atoms with Gasteiger partial charge in [0, 0.05) is 0 Å². The van der Waals surface area contributed by atoms with Crippen molar-refractivity contribution in [2.45, 2.75) is 6.04 Å². The Balaban J connectivity index is 3.05. The molecule has 1 unspecified atom stereocenters. The molecule has 4 heteroatoms. The molecule has 1 aromatic rings. The summed E-state index contributed by atoms with van der Waals surface area (Å²) in [6, 6.07) is 5.21. The number of hydrogen-bond acceptors (Lipinski definition) is 2. The molecule has 0 aliphatic heterocycles. The molecule has 0 aliphatic carbocycles. The molecule has 1 atom stereocenters. The van der Waals surface area contributed by atoms with Gasteiger partial charge < -0.3 is 10.4 Å². The van der Waals surface area contributed by atoms with Gasteiger partial charge in [-0.15, -0.1) is 0 Å². The number of benzene rings is 1. The molecule has 0 radical (unpaired) electrons. The zero-order valence-corrected chi connectivity index (χ0v) is 8.73. The maximum atomic E-state index is 9.03. The van der Waals surface area contributed by atoms with Crippen LogP contribution in [0.4, 0.5) is 0 Å². The first-order valence-corrected chi connectivity index (χ1v) is 4.68. The van der Waals surface area contributed by atoms with Gasteiger partial charge in [-0.1, -0.05) is 35.3 Å². The summed E-state index contributed by atoms with van der Waals surface area (Å²) in [7, 11) is 1.76. The second kappa shape index (κ2) is 4.82. The Bertz CT molecular complexity index is 287. The topological polar surface area (TPSA) is 32.3 Å². The van der Waals surface area contributed by atoms with Crippen molar-refractivity contribution in [2.24, 2.45) is 0 Å². The second-order valence-corrected chi connectivity index (χ2v) is 3.45. The third-order valence-corrected chi connectivity index (χ3v) is 2.72. The van der Waals surface area contributed by atoms with Crippen LogP contribution in [0.15, 0.2) is 18.2 Å². The van der Waals surface area contributed by atoms with E-state index in [1.54, 1.807) is 13.1 Å². The van der Waals surface area contributed by atoms with Gasteiger partial charge in [0.15, 0.2) is 0 Å². The number of likely N-dealkylation sites (N-methyl/N-ethyl adjacent to an activating group) is 1. The maximum Gasteiger partial charge on any atom is 0.0640 e. The summed E-state index contributed by atoms with van der Waals surface area (Å²) in [6.07, 6.45) is 0. The first kappa shape index (κ1) is 10.8. The van der Waals surface area contributed by atoms with Gasteiger partial charge in [0.1, 0.15) is 0 Å². The highest BCUT2D eigenvalue weighted by Crippen LogP contribution is 2.29. The predicted molar refractivity (Wildman–Crippen MR) is 55.3 cm³/mol. The molecule has 0 bridgehead atoms. The lowest BCUT2D eigenvalue weighted by atomic mass is 10.1. The van der Waals surface area contributed by atoms with E-state index >= 15 is 0 Å². The molecule has 2 N–H and O–H groups in total. The van der Waals surface area contributed by atoms with E-state index in [1.165, 1.54) is 0 Å². The Hall–Kier alpha value is -0.280. The van der Waals surface area contributed by atoms with Crippen molar-refractivity contribution in [3.05, 3.63) is 33.8 Å². The van der Waals surface area contributed by atoms with Crippen LogP contribution in [-0.2, 0) is 0 Å². The highest BCUT2D eigenvalue weighted by Gasteiger charge is 2.12. The summed E-state index contributed by atoms with van der Waals surface area (Å²) in [5.74, 6) is 0. The Morgan fingerprint density at radius 3 is 2.69 bits per heavy atom. The minimum absolute atomic E-state index is 0.00341. The fraction of sp³-hybridized carbons (Fsp3) is 0.333. The first-order chi connectivity index (χ1) is 6.20. The van der Waals surface area contributed by atoms with Gasteiger partial charge in [0.2, 0.25) is 0 Å². The van der Waals surface area contributed by atoms with Crippen LogP contribution in [-0.4, -0.2) is 18.8 Å². The normalized spacial score (nSPS) is 12.9. The third-order valence-electron chi connectivity index (χ3n) is 1.89. The average molecular weight is 220 g/mol. The molecule has 2 nitrogen and oxygen atoms in total. The molecule has 0 saturated heterocycles. The predicted octanol–water partition coefficient (Wildman–Crippen LogP) is 2.25. The van der Waals surface area contributed by atoms with Crippen molar-refractivity contribution in [2.75, 3.05) is 13.7 Å². The number of hydrogen-bond donors (Lipinski definition) is 2. The zero-order chi connectivity index (χ0) is 9.84. The molecule has 72 valence electrons. The molecule has 1 rings (SSSR count). The lowest BCUT2D eigenvalue weighted by Crippen LogP contribution is -2.20. The number of nitrogens with one attached hydrogen (secondary N) is 1. The highest BCUT2D eigenvalue weighted by molar-refractivity contribution is 6.42. The van der Waals surface area contributed by atoms with E-state index < -0.39 is 0 Å². The number of aliphatic hydroxyl groups is 1. The number of halogens is 2. The Morgan fingerprint density at radius 1 is 1.46 bits per heavy atom. The Kier molecular flexibility index (Phi) is 4.00. The van der Waals surface area contributed by atoms with Crippen LogP contribution in [0.3, 0.4) is 0 Å². The summed E-state index contributed by atoms with van der Waals surface area (Å²) in [6.45, 7) is -0.00341. The van der Waals surface area contributed by atoms with Crippen molar-refractivity contribution >= 4 is 23.2 Å². The van der Waals surface area contributed by atoms with Crippen molar-refractivity contribution in [1.82, 2.24) is 5.32 Å². The van der Waals surface area contributed by atoms with Crippen molar-refractivity contribution < 1.29 is 5.11 Å². The van der Waals surface area contributed by atoms with Crippen LogP contribution in [0.2, 0.25) is 10.0 Å². The molecule has 13 heavy (non-hydrogen) atoms. The number of aliphatic hydroxyl groups excluding tert-OH is 1. The van der Waals surface area contributed by atoms with Crippen LogP contribution in [0.1, 0.15) is 11.6 Å². The highest BCUT2D eigenvalue weighted by atomic mass is 35.5. The van der Waals surface area contributed by atoms with Gasteiger partial charge in [-0.3, -0.25) is 0 Å². The first-order valence-electron chi connectivity index (χ1n) is 3.92. The quantitative estimate of drug-likeness (QED) is 0.818. The molecule has 0 saturated carbocycles. The summed E-state index contributed by atoms with van der Waals surface area (Å²) in [4.78, 5) is 0. The molecule has 0 aromatic heterocycles. The molecular formula is C9H11Cl2NO. The summed E-state index contributed by atoms with van der Waals surface area (Å²) in [5.41, 5.74) is 0.819. The fourth-order valence-corrected chi connectivity index (χ4v) is 1.57. The molecule has 0 amide bonds. The molecule has 0 spiro atoms. The molecule has 0 aliphatic rings. The van der Waals surface area contributed by atoms with E-state index in [4.69, 9.17) is 28.3 Å². The Morgan fingerprint density at radius 2 is 2.15 bits per heavy atom. The third kappa shape index (κ3) is 2.35. The Labute approximate surface area is 87.5 Å². The van der Waals surface area contributed by atoms with Gasteiger partial charge >= 0.3 is 0 Å². The van der Waals surface area contributed by atoms with Crippen LogP contribution < -0.4 is 5.32 Å². The van der Waals surface area contributed by atoms with Crippen molar-refractivity contribution in [3.63, 3.8) is 0 Å². The van der Waals surface area contributed by atoms with Gasteiger partial charge in [0.25, 0.3) is 0 Å². The van der Waals surface area contributed by atoms with Crippen LogP contribution in [0.25, 0.3) is 0 Å². The molecule has 1 aromatic carbocycles. The molecular weight excluding hydrogens is 209 g/mol. The van der Waals surface area contributed by atoms with Gasteiger partial charge in [-0.05, 0) is 18.7 Å². The summed E-state index contributed by atoms with van der Waals surface area (Å²) < 4.78 is 0. The van der Waals surface area contributed by atoms with Gasteiger partial charge in [0.05, 0.1) is 22.7 Å². The molecule has 0 fully saturated rings. The van der Waals surface area contributed by atoms with Gasteiger partial charge in [-0.2, -0.15) is 0 Å². The lowest BCUT2D eigenvalue weighted by Gasteiger charge is -2.15. The van der Waals surface area contributed by atoms with E-state index in [2.05, 4.69) is 5.32 Å². The van der Waals surface area contributed by atoms with E-state index in [0.717, 1.165) is 5.56 Å². The second-order valence-electron chi connectivity index (χ2n) is 2.67. The van der Waals surface area contributed by atoms with Crippen LogP contribution >= 0.6 is 23.2 Å². The number of rotatable bonds is 3. The SMILES string of the molecule is CNC(CO)c1cccc(Cl)c1Cl. The van der Waals surface area contributed by atoms with Crippen molar-refractivity contribution in [1.29, 1.82) is 0 Å². The standard InChI is InChI=1S/C9H11Cl2NO/c1-12-8(5-13)6-3-2-4-7(10)9(6)11/h2-4,8,12-13H,5H2,1H3. The van der Waals surface area contributed by atoms with E-state index in [1.807, 2.05) is 12.1 Å². The smallest absolute Gasteiger partial charge is 0.0640 e. The van der Waals surface area contributed by atoms with Gasteiger partial charge in [-0.25, -0.2) is 0 Å². The maximum absolute atomic E-state index is 9.03. The minimum atomic E-state index is -0.161. The summed E-state index contributed by atoms with van der Waals surface area (Å²) >= 11 is 11.8. The summed E-state index contributed by atoms with van der Waals surface area (Å²) in [5, 5.41) is 13.0. The van der Waals surface area contributed by atoms with E-state index in [0.29, 0.717) is 10.0 Å². The monoisotopic (exact) mass is 219 g/mol. The van der Waals surface area contributed by atoms with E-state index in [9.17, 15) is 0 Å².